The van der Waals surface area contributed by atoms with Crippen molar-refractivity contribution in [2.24, 2.45) is 5.92 Å². The number of hydrogen-bond acceptors (Lipinski definition) is 5. The van der Waals surface area contributed by atoms with Crippen LogP contribution in [0.1, 0.15) is 56.1 Å². The summed E-state index contributed by atoms with van der Waals surface area (Å²) in [6.07, 6.45) is 1.67. The number of carbonyl (C=O) groups excluding carboxylic acids is 2. The first-order valence-corrected chi connectivity index (χ1v) is 12.2. The maximum absolute atomic E-state index is 12.7. The van der Waals surface area contributed by atoms with E-state index >= 15 is 0 Å². The van der Waals surface area contributed by atoms with Gasteiger partial charge in [-0.25, -0.2) is 9.59 Å². The van der Waals surface area contributed by atoms with Gasteiger partial charge in [-0.15, -0.1) is 0 Å². The number of benzene rings is 2. The summed E-state index contributed by atoms with van der Waals surface area (Å²) in [5.41, 5.74) is 4.60. The molecule has 8 nitrogen and oxygen atoms in total. The third-order valence-corrected chi connectivity index (χ3v) is 7.07. The van der Waals surface area contributed by atoms with Gasteiger partial charge in [-0.3, -0.25) is 4.79 Å². The molecule has 0 radical (unpaired) electrons. The van der Waals surface area contributed by atoms with Crippen LogP contribution in [0.5, 0.6) is 0 Å². The first-order valence-electron chi connectivity index (χ1n) is 12.2. The summed E-state index contributed by atoms with van der Waals surface area (Å²) in [5, 5.41) is 24.1. The number of hydrogen-bond donors (Lipinski definition) is 4. The molecule has 8 heteroatoms. The lowest BCUT2D eigenvalue weighted by Crippen LogP contribution is -2.49. The van der Waals surface area contributed by atoms with Gasteiger partial charge in [0.15, 0.2) is 6.04 Å². The van der Waals surface area contributed by atoms with Crippen molar-refractivity contribution in [3.63, 3.8) is 0 Å². The number of nitrogens with one attached hydrogen (secondary N) is 2. The smallest absolute Gasteiger partial charge is 0.407 e. The fraction of sp³-hybridized carbons (Fsp3) is 0.444. The van der Waals surface area contributed by atoms with Gasteiger partial charge < -0.3 is 25.6 Å². The molecule has 1 saturated carbocycles. The monoisotopic (exact) mass is 480 g/mol. The van der Waals surface area contributed by atoms with E-state index in [0.717, 1.165) is 47.9 Å². The molecule has 0 spiro atoms. The summed E-state index contributed by atoms with van der Waals surface area (Å²) in [7, 11) is 0. The molecule has 0 aliphatic heterocycles. The highest BCUT2D eigenvalue weighted by Crippen LogP contribution is 2.44. The van der Waals surface area contributed by atoms with Crippen molar-refractivity contribution in [1.82, 2.24) is 10.6 Å². The van der Waals surface area contributed by atoms with E-state index in [-0.39, 0.29) is 30.9 Å². The summed E-state index contributed by atoms with van der Waals surface area (Å²) < 4.78 is 5.66. The van der Waals surface area contributed by atoms with E-state index in [1.165, 1.54) is 6.92 Å². The molecule has 4 atom stereocenters. The molecule has 0 saturated heterocycles. The van der Waals surface area contributed by atoms with Crippen LogP contribution in [0.4, 0.5) is 4.79 Å². The van der Waals surface area contributed by atoms with Crippen LogP contribution in [0, 0.1) is 5.92 Å². The Kier molecular flexibility index (Phi) is 7.70. The normalized spacial score (nSPS) is 20.7. The van der Waals surface area contributed by atoms with Crippen LogP contribution in [0.2, 0.25) is 0 Å². The molecule has 0 unspecified atom stereocenters. The number of aliphatic hydroxyl groups excluding tert-OH is 1. The van der Waals surface area contributed by atoms with Gasteiger partial charge in [0.1, 0.15) is 6.61 Å². The number of fused-ring (bicyclic) bond motifs is 3. The zero-order valence-electron chi connectivity index (χ0n) is 19.8. The molecule has 1 fully saturated rings. The molecule has 2 aromatic rings. The Balaban J connectivity index is 1.35. The van der Waals surface area contributed by atoms with Gasteiger partial charge in [-0.2, -0.15) is 0 Å². The second-order valence-corrected chi connectivity index (χ2v) is 9.45. The van der Waals surface area contributed by atoms with Crippen molar-refractivity contribution in [1.29, 1.82) is 0 Å². The molecule has 0 bridgehead atoms. The van der Waals surface area contributed by atoms with Gasteiger partial charge >= 0.3 is 12.1 Å². The summed E-state index contributed by atoms with van der Waals surface area (Å²) in [5.74, 6) is -1.91. The van der Waals surface area contributed by atoms with Gasteiger partial charge in [0.05, 0.1) is 6.10 Å². The first-order chi connectivity index (χ1) is 16.8. The molecule has 2 amide bonds. The number of amides is 2. The Hall–Kier alpha value is -3.39. The van der Waals surface area contributed by atoms with Crippen LogP contribution in [-0.2, 0) is 14.3 Å². The van der Waals surface area contributed by atoms with Crippen LogP contribution in [0.3, 0.4) is 0 Å². The van der Waals surface area contributed by atoms with E-state index < -0.39 is 30.1 Å². The van der Waals surface area contributed by atoms with Crippen molar-refractivity contribution in [3.05, 3.63) is 59.7 Å². The van der Waals surface area contributed by atoms with Crippen LogP contribution in [0.25, 0.3) is 11.1 Å². The van der Waals surface area contributed by atoms with Crippen LogP contribution < -0.4 is 10.6 Å². The average molecular weight is 481 g/mol. The maximum atomic E-state index is 12.7. The molecule has 186 valence electrons. The van der Waals surface area contributed by atoms with E-state index in [1.54, 1.807) is 0 Å². The van der Waals surface area contributed by atoms with Gasteiger partial charge in [0.2, 0.25) is 5.91 Å². The van der Waals surface area contributed by atoms with E-state index in [2.05, 4.69) is 34.9 Å². The minimum atomic E-state index is -1.36. The van der Waals surface area contributed by atoms with Crippen molar-refractivity contribution >= 4 is 18.0 Å². The highest BCUT2D eigenvalue weighted by Gasteiger charge is 2.33. The molecule has 2 aromatic carbocycles. The minimum absolute atomic E-state index is 0.0329. The van der Waals surface area contributed by atoms with E-state index in [0.29, 0.717) is 0 Å². The summed E-state index contributed by atoms with van der Waals surface area (Å²) in [6.45, 7) is 1.54. The Morgan fingerprint density at radius 2 is 1.60 bits per heavy atom. The van der Waals surface area contributed by atoms with E-state index in [4.69, 9.17) is 4.74 Å². The zero-order valence-corrected chi connectivity index (χ0v) is 19.8. The molecule has 0 heterocycles. The lowest BCUT2D eigenvalue weighted by molar-refractivity contribution is -0.145. The van der Waals surface area contributed by atoms with E-state index in [9.17, 15) is 24.6 Å². The minimum Gasteiger partial charge on any atom is -0.480 e. The largest absolute Gasteiger partial charge is 0.480 e. The molecular formula is C27H32N2O6. The molecule has 35 heavy (non-hydrogen) atoms. The second kappa shape index (κ2) is 10.9. The number of alkyl carbamates (subject to hydrolysis) is 1. The first kappa shape index (κ1) is 24.7. The Labute approximate surface area is 204 Å². The predicted molar refractivity (Wildman–Crippen MR) is 130 cm³/mol. The Morgan fingerprint density at radius 1 is 1.00 bits per heavy atom. The Morgan fingerprint density at radius 3 is 2.20 bits per heavy atom. The fourth-order valence-corrected chi connectivity index (χ4v) is 5.29. The van der Waals surface area contributed by atoms with Gasteiger partial charge in [0, 0.05) is 18.4 Å². The van der Waals surface area contributed by atoms with Crippen LogP contribution >= 0.6 is 0 Å². The van der Waals surface area contributed by atoms with Crippen molar-refractivity contribution < 1.29 is 29.3 Å². The average Bonchev–Trinajstić information content (AvgIpc) is 3.16. The topological polar surface area (TPSA) is 125 Å². The lowest BCUT2D eigenvalue weighted by Gasteiger charge is -2.32. The SMILES string of the molecule is C[C@@H](O)[C@H](NC(=O)C[C@H]1CCCC[C@H]1NC(=O)OCC1c2ccccc2-c2ccccc21)C(=O)O. The number of rotatable bonds is 8. The van der Waals surface area contributed by atoms with Crippen LogP contribution in [-0.4, -0.2) is 53.0 Å². The fourth-order valence-electron chi connectivity index (χ4n) is 5.29. The maximum Gasteiger partial charge on any atom is 0.407 e. The zero-order chi connectivity index (χ0) is 24.9. The summed E-state index contributed by atoms with van der Waals surface area (Å²) in [6, 6.07) is 14.7. The molecular weight excluding hydrogens is 448 g/mol. The quantitative estimate of drug-likeness (QED) is 0.459. The summed E-state index contributed by atoms with van der Waals surface area (Å²) >= 11 is 0. The number of carboxylic acid groups (broad SMARTS) is 1. The molecule has 4 rings (SSSR count). The molecule has 2 aliphatic rings. The standard InChI is InChI=1S/C27H32N2O6/c1-16(30)25(26(32)33)29-24(31)14-17-8-2-7-13-23(17)28-27(34)35-15-22-20-11-5-3-9-18(20)19-10-4-6-12-21(19)22/h3-6,9-12,16-17,22-23,25,30H,2,7-8,13-15H2,1H3,(H,28,34)(H,29,31)(H,32,33)/t16-,17-,23-,25+/m1/s1. The molecule has 2 aliphatic carbocycles. The van der Waals surface area contributed by atoms with Gasteiger partial charge in [-0.05, 0) is 47.9 Å². The number of carbonyl (C=O) groups is 3. The number of aliphatic carboxylic acids is 1. The van der Waals surface area contributed by atoms with Gasteiger partial charge in [0.25, 0.3) is 0 Å². The predicted octanol–water partition coefficient (Wildman–Crippen LogP) is 3.42. The lowest BCUT2D eigenvalue weighted by atomic mass is 9.82. The Bertz CT molecular complexity index is 1040. The van der Waals surface area contributed by atoms with Crippen molar-refractivity contribution in [3.8, 4) is 11.1 Å². The highest BCUT2D eigenvalue weighted by molar-refractivity contribution is 5.84. The highest BCUT2D eigenvalue weighted by atomic mass is 16.5. The third kappa shape index (κ3) is 5.65. The van der Waals surface area contributed by atoms with Crippen LogP contribution in [0.15, 0.2) is 48.5 Å². The van der Waals surface area contributed by atoms with Gasteiger partial charge in [-0.1, -0.05) is 61.4 Å². The molecule has 4 N–H and O–H groups in total. The molecule has 0 aromatic heterocycles. The van der Waals surface area contributed by atoms with E-state index in [1.807, 2.05) is 24.3 Å². The number of carboxylic acids is 1. The van der Waals surface area contributed by atoms with Crippen molar-refractivity contribution in [2.45, 2.75) is 63.1 Å². The number of ether oxygens (including phenoxy) is 1. The number of aliphatic hydroxyl groups is 1. The summed E-state index contributed by atoms with van der Waals surface area (Å²) in [4.78, 5) is 36.5. The van der Waals surface area contributed by atoms with Crippen molar-refractivity contribution in [2.75, 3.05) is 6.61 Å². The third-order valence-electron chi connectivity index (χ3n) is 7.07. The second-order valence-electron chi connectivity index (χ2n) is 9.45.